The summed E-state index contributed by atoms with van der Waals surface area (Å²) in [5, 5.41) is 8.63. The highest BCUT2D eigenvalue weighted by molar-refractivity contribution is 6.30. The molecule has 0 aliphatic carbocycles. The molecule has 0 atom stereocenters. The topological polar surface area (TPSA) is 43.6 Å². The molecule has 0 aliphatic rings. The first kappa shape index (κ1) is 13.0. The lowest BCUT2D eigenvalue weighted by Gasteiger charge is -2.09. The highest BCUT2D eigenvalue weighted by atomic mass is 35.5. The Hall–Kier alpha value is -1.42. The van der Waals surface area contributed by atoms with Crippen LogP contribution in [0.5, 0.6) is 0 Å². The normalized spacial score (nSPS) is 10.9. The van der Waals surface area contributed by atoms with Crippen molar-refractivity contribution in [3.63, 3.8) is 0 Å². The van der Waals surface area contributed by atoms with Crippen LogP contribution in [-0.2, 0) is 13.0 Å². The zero-order chi connectivity index (χ0) is 13.1. The lowest BCUT2D eigenvalue weighted by atomic mass is 10.1. The lowest BCUT2D eigenvalue weighted by Crippen LogP contribution is -2.07. The summed E-state index contributed by atoms with van der Waals surface area (Å²) in [5.74, 6) is 1.02. The van der Waals surface area contributed by atoms with E-state index in [4.69, 9.17) is 11.6 Å². The van der Waals surface area contributed by atoms with Gasteiger partial charge in [0.15, 0.2) is 5.15 Å². The van der Waals surface area contributed by atoms with Gasteiger partial charge in [0.25, 0.3) is 0 Å². The molecular formula is C13H17ClN4. The summed E-state index contributed by atoms with van der Waals surface area (Å²) < 4.78 is 2.16. The van der Waals surface area contributed by atoms with Crippen LogP contribution in [0.15, 0.2) is 12.4 Å². The fraction of sp³-hybridized carbons (Fsp3) is 0.462. The molecule has 18 heavy (non-hydrogen) atoms. The van der Waals surface area contributed by atoms with Crippen LogP contribution in [0.25, 0.3) is 0 Å². The largest absolute Gasteiger partial charge is 0.335 e. The van der Waals surface area contributed by atoms with E-state index >= 15 is 0 Å². The predicted octanol–water partition coefficient (Wildman–Crippen LogP) is 2.94. The van der Waals surface area contributed by atoms with E-state index in [1.165, 1.54) is 0 Å². The second kappa shape index (κ2) is 5.48. The number of nitrogens with zero attached hydrogens (tertiary/aromatic N) is 4. The Bertz CT molecular complexity index is 548. The van der Waals surface area contributed by atoms with Gasteiger partial charge in [-0.2, -0.15) is 5.10 Å². The Kier molecular flexibility index (Phi) is 3.97. The van der Waals surface area contributed by atoms with Crippen molar-refractivity contribution in [3.8, 4) is 0 Å². The molecule has 0 saturated heterocycles. The van der Waals surface area contributed by atoms with Crippen LogP contribution in [0.2, 0.25) is 5.15 Å². The summed E-state index contributed by atoms with van der Waals surface area (Å²) in [7, 11) is 0. The molecule has 0 aromatic carbocycles. The molecule has 2 heterocycles. The Balaban J connectivity index is 2.29. The van der Waals surface area contributed by atoms with Crippen molar-refractivity contribution in [3.05, 3.63) is 40.2 Å². The standard InChI is InChI=1S/C13H17ClN4/c1-4-6-18-7-5-15-12(18)8-11-9(2)10(3)13(14)17-16-11/h5,7H,4,6,8H2,1-3H3. The van der Waals surface area contributed by atoms with E-state index in [2.05, 4.69) is 26.7 Å². The number of hydrogen-bond donors (Lipinski definition) is 0. The van der Waals surface area contributed by atoms with Gasteiger partial charge in [0.2, 0.25) is 0 Å². The van der Waals surface area contributed by atoms with Crippen LogP contribution in [-0.4, -0.2) is 19.7 Å². The number of hydrogen-bond acceptors (Lipinski definition) is 3. The predicted molar refractivity (Wildman–Crippen MR) is 71.8 cm³/mol. The number of rotatable bonds is 4. The van der Waals surface area contributed by atoms with E-state index in [1.807, 2.05) is 26.2 Å². The summed E-state index contributed by atoms with van der Waals surface area (Å²) in [6, 6.07) is 0. The van der Waals surface area contributed by atoms with E-state index in [-0.39, 0.29) is 0 Å². The summed E-state index contributed by atoms with van der Waals surface area (Å²) >= 11 is 5.95. The molecule has 0 saturated carbocycles. The fourth-order valence-corrected chi connectivity index (χ4v) is 2.07. The maximum atomic E-state index is 5.95. The molecular weight excluding hydrogens is 248 g/mol. The third-order valence-corrected chi connectivity index (χ3v) is 3.51. The SMILES string of the molecule is CCCn1ccnc1Cc1nnc(Cl)c(C)c1C. The second-order valence-electron chi connectivity index (χ2n) is 4.40. The minimum atomic E-state index is 0.480. The Morgan fingerprint density at radius 3 is 2.72 bits per heavy atom. The van der Waals surface area contributed by atoms with Gasteiger partial charge in [-0.1, -0.05) is 18.5 Å². The Labute approximate surface area is 112 Å². The van der Waals surface area contributed by atoms with Crippen molar-refractivity contribution in [1.82, 2.24) is 19.7 Å². The highest BCUT2D eigenvalue weighted by Crippen LogP contribution is 2.19. The van der Waals surface area contributed by atoms with E-state index in [1.54, 1.807) is 0 Å². The van der Waals surface area contributed by atoms with E-state index < -0.39 is 0 Å². The first-order valence-corrected chi connectivity index (χ1v) is 6.49. The second-order valence-corrected chi connectivity index (χ2v) is 4.76. The molecule has 0 aliphatic heterocycles. The summed E-state index contributed by atoms with van der Waals surface area (Å²) in [6.45, 7) is 7.13. The maximum absolute atomic E-state index is 5.95. The molecule has 4 nitrogen and oxygen atoms in total. The van der Waals surface area contributed by atoms with Crippen LogP contribution < -0.4 is 0 Å². The van der Waals surface area contributed by atoms with Gasteiger partial charge in [0.1, 0.15) is 5.82 Å². The third-order valence-electron chi connectivity index (χ3n) is 3.16. The van der Waals surface area contributed by atoms with Gasteiger partial charge in [-0.15, -0.1) is 5.10 Å². The van der Waals surface area contributed by atoms with Crippen molar-refractivity contribution < 1.29 is 0 Å². The van der Waals surface area contributed by atoms with Crippen molar-refractivity contribution in [2.24, 2.45) is 0 Å². The average molecular weight is 265 g/mol. The zero-order valence-corrected chi connectivity index (χ0v) is 11.7. The van der Waals surface area contributed by atoms with E-state index in [0.29, 0.717) is 11.6 Å². The molecule has 2 rings (SSSR count). The fourth-order valence-electron chi connectivity index (χ4n) is 1.89. The molecule has 0 fully saturated rings. The van der Waals surface area contributed by atoms with Crippen molar-refractivity contribution in [2.75, 3.05) is 0 Å². The maximum Gasteiger partial charge on any atom is 0.154 e. The summed E-state index contributed by atoms with van der Waals surface area (Å²) in [5.41, 5.74) is 3.04. The highest BCUT2D eigenvalue weighted by Gasteiger charge is 2.11. The van der Waals surface area contributed by atoms with Crippen LogP contribution in [0, 0.1) is 13.8 Å². The summed E-state index contributed by atoms with van der Waals surface area (Å²) in [6.07, 6.45) is 5.62. The van der Waals surface area contributed by atoms with Crippen LogP contribution in [0.4, 0.5) is 0 Å². The van der Waals surface area contributed by atoms with Crippen molar-refractivity contribution in [2.45, 2.75) is 40.2 Å². The summed E-state index contributed by atoms with van der Waals surface area (Å²) in [4.78, 5) is 4.39. The minimum absolute atomic E-state index is 0.480. The van der Waals surface area contributed by atoms with Gasteiger partial charge >= 0.3 is 0 Å². The van der Waals surface area contributed by atoms with E-state index in [9.17, 15) is 0 Å². The van der Waals surface area contributed by atoms with E-state index in [0.717, 1.165) is 35.6 Å². The molecule has 0 radical (unpaired) electrons. The molecule has 5 heteroatoms. The van der Waals surface area contributed by atoms with Gasteiger partial charge < -0.3 is 4.57 Å². The quantitative estimate of drug-likeness (QED) is 0.853. The first-order valence-electron chi connectivity index (χ1n) is 6.11. The smallest absolute Gasteiger partial charge is 0.154 e. The molecule has 0 unspecified atom stereocenters. The molecule has 0 N–H and O–H groups in total. The van der Waals surface area contributed by atoms with Gasteiger partial charge in [-0.3, -0.25) is 0 Å². The van der Waals surface area contributed by atoms with Gasteiger partial charge in [0, 0.05) is 18.9 Å². The van der Waals surface area contributed by atoms with Crippen molar-refractivity contribution in [1.29, 1.82) is 0 Å². The zero-order valence-electron chi connectivity index (χ0n) is 10.9. The molecule has 96 valence electrons. The Morgan fingerprint density at radius 2 is 2.00 bits per heavy atom. The molecule has 0 amide bonds. The van der Waals surface area contributed by atoms with Gasteiger partial charge in [-0.25, -0.2) is 4.98 Å². The Morgan fingerprint density at radius 1 is 1.22 bits per heavy atom. The van der Waals surface area contributed by atoms with Crippen LogP contribution in [0.3, 0.4) is 0 Å². The first-order chi connectivity index (χ1) is 8.63. The minimum Gasteiger partial charge on any atom is -0.335 e. The molecule has 0 spiro atoms. The molecule has 2 aromatic rings. The van der Waals surface area contributed by atoms with Gasteiger partial charge in [0.05, 0.1) is 12.1 Å². The number of imidazole rings is 1. The molecule has 0 bridgehead atoms. The van der Waals surface area contributed by atoms with Crippen LogP contribution >= 0.6 is 11.6 Å². The monoisotopic (exact) mass is 264 g/mol. The lowest BCUT2D eigenvalue weighted by molar-refractivity contribution is 0.642. The third kappa shape index (κ3) is 2.53. The average Bonchev–Trinajstić information content (AvgIpc) is 2.78. The number of halogens is 1. The molecule has 2 aromatic heterocycles. The number of aryl methyl sites for hydroxylation is 1. The number of aromatic nitrogens is 4. The van der Waals surface area contributed by atoms with Crippen molar-refractivity contribution >= 4 is 11.6 Å². The van der Waals surface area contributed by atoms with Crippen LogP contribution in [0.1, 0.15) is 36.0 Å². The van der Waals surface area contributed by atoms with Gasteiger partial charge in [-0.05, 0) is 31.4 Å².